The topological polar surface area (TPSA) is 67.2 Å². The van der Waals surface area contributed by atoms with Crippen molar-refractivity contribution in [1.82, 2.24) is 5.16 Å². The molecule has 0 fully saturated rings. The lowest BCUT2D eigenvalue weighted by Crippen LogP contribution is -2.16. The van der Waals surface area contributed by atoms with Gasteiger partial charge in [-0.25, -0.2) is 0 Å². The fourth-order valence-corrected chi connectivity index (χ4v) is 2.05. The zero-order valence-corrected chi connectivity index (χ0v) is 12.3. The second-order valence-corrected chi connectivity index (χ2v) is 5.02. The first-order valence-corrected chi connectivity index (χ1v) is 6.72. The van der Waals surface area contributed by atoms with Crippen LogP contribution in [0.15, 0.2) is 28.8 Å². The van der Waals surface area contributed by atoms with Gasteiger partial charge in [0.25, 0.3) is 0 Å². The van der Waals surface area contributed by atoms with E-state index >= 15 is 0 Å². The predicted molar refractivity (Wildman–Crippen MR) is 79.4 cm³/mol. The smallest absolute Gasteiger partial charge is 0.227 e. The molecule has 1 aromatic carbocycles. The first kappa shape index (κ1) is 14.7. The van der Waals surface area contributed by atoms with Gasteiger partial charge in [-0.15, -0.1) is 0 Å². The maximum atomic E-state index is 11.7. The van der Waals surface area contributed by atoms with Crippen LogP contribution in [0.1, 0.15) is 12.2 Å². The largest absolute Gasteiger partial charge is 0.383 e. The van der Waals surface area contributed by atoms with E-state index in [-0.39, 0.29) is 12.3 Å². The fourth-order valence-electron chi connectivity index (χ4n) is 1.57. The molecule has 0 aliphatic rings. The van der Waals surface area contributed by atoms with Crippen molar-refractivity contribution in [2.75, 3.05) is 17.2 Å². The number of hydrogen-bond donors (Lipinski definition) is 2. The summed E-state index contributed by atoms with van der Waals surface area (Å²) >= 11 is 11.8. The normalized spacial score (nSPS) is 10.3. The molecule has 1 heterocycles. The molecule has 0 aliphatic carbocycles. The number of carbonyl (C=O) groups is 1. The maximum Gasteiger partial charge on any atom is 0.227 e. The number of carbonyl (C=O) groups excluding carboxylic acids is 1. The molecule has 1 aromatic heterocycles. The van der Waals surface area contributed by atoms with Crippen LogP contribution in [0.3, 0.4) is 0 Å². The monoisotopic (exact) mass is 313 g/mol. The number of amides is 1. The SMILES string of the molecule is Cc1cc(NC(=O)CCNc2ccc(Cl)cc2Cl)no1. The number of aromatic nitrogens is 1. The number of nitrogens with zero attached hydrogens (tertiary/aromatic N) is 1. The zero-order valence-electron chi connectivity index (χ0n) is 10.7. The third-order valence-electron chi connectivity index (χ3n) is 2.49. The predicted octanol–water partition coefficient (Wildman–Crippen LogP) is 3.73. The molecule has 2 aromatic rings. The molecule has 2 N–H and O–H groups in total. The zero-order chi connectivity index (χ0) is 14.5. The molecule has 5 nitrogen and oxygen atoms in total. The van der Waals surface area contributed by atoms with Crippen molar-refractivity contribution in [3.8, 4) is 0 Å². The third-order valence-corrected chi connectivity index (χ3v) is 3.04. The van der Waals surface area contributed by atoms with Crippen molar-refractivity contribution in [1.29, 1.82) is 0 Å². The highest BCUT2D eigenvalue weighted by Gasteiger charge is 2.06. The van der Waals surface area contributed by atoms with Gasteiger partial charge in [-0.2, -0.15) is 0 Å². The van der Waals surface area contributed by atoms with E-state index in [1.807, 2.05) is 0 Å². The Labute approximate surface area is 126 Å². The molecule has 1 amide bonds. The number of hydrogen-bond acceptors (Lipinski definition) is 4. The van der Waals surface area contributed by atoms with E-state index in [2.05, 4.69) is 15.8 Å². The summed E-state index contributed by atoms with van der Waals surface area (Å²) in [4.78, 5) is 11.7. The van der Waals surface area contributed by atoms with E-state index in [0.717, 1.165) is 5.69 Å². The summed E-state index contributed by atoms with van der Waals surface area (Å²) in [5.41, 5.74) is 0.737. The quantitative estimate of drug-likeness (QED) is 0.882. The molecule has 0 saturated heterocycles. The second-order valence-electron chi connectivity index (χ2n) is 4.17. The second kappa shape index (κ2) is 6.63. The highest BCUT2D eigenvalue weighted by atomic mass is 35.5. The van der Waals surface area contributed by atoms with E-state index in [4.69, 9.17) is 27.7 Å². The number of anilines is 2. The number of aryl methyl sites for hydroxylation is 1. The summed E-state index contributed by atoms with van der Waals surface area (Å²) in [6.07, 6.45) is 0.283. The molecule has 0 spiro atoms. The first-order chi connectivity index (χ1) is 9.54. The maximum absolute atomic E-state index is 11.7. The highest BCUT2D eigenvalue weighted by molar-refractivity contribution is 6.36. The van der Waals surface area contributed by atoms with Crippen LogP contribution in [0.4, 0.5) is 11.5 Å². The summed E-state index contributed by atoms with van der Waals surface area (Å²) in [5.74, 6) is 0.902. The Kier molecular flexibility index (Phi) is 4.87. The van der Waals surface area contributed by atoms with Crippen molar-refractivity contribution in [3.63, 3.8) is 0 Å². The van der Waals surface area contributed by atoms with Crippen molar-refractivity contribution >= 4 is 40.6 Å². The van der Waals surface area contributed by atoms with Crippen LogP contribution < -0.4 is 10.6 Å². The standard InChI is InChI=1S/C13H13Cl2N3O2/c1-8-6-12(18-20-8)17-13(19)4-5-16-11-3-2-9(14)7-10(11)15/h2-3,6-7,16H,4-5H2,1H3,(H,17,18,19). The molecular weight excluding hydrogens is 301 g/mol. The lowest BCUT2D eigenvalue weighted by molar-refractivity contribution is -0.116. The minimum atomic E-state index is -0.157. The number of benzene rings is 1. The van der Waals surface area contributed by atoms with E-state index in [1.54, 1.807) is 31.2 Å². The van der Waals surface area contributed by atoms with E-state index < -0.39 is 0 Å². The molecule has 2 rings (SSSR count). The molecule has 0 radical (unpaired) electrons. The molecular formula is C13H13Cl2N3O2. The number of nitrogens with one attached hydrogen (secondary N) is 2. The van der Waals surface area contributed by atoms with Crippen LogP contribution in [0.5, 0.6) is 0 Å². The van der Waals surface area contributed by atoms with Gasteiger partial charge in [0.1, 0.15) is 5.76 Å². The van der Waals surface area contributed by atoms with Gasteiger partial charge in [-0.05, 0) is 25.1 Å². The van der Waals surface area contributed by atoms with Crippen molar-refractivity contribution < 1.29 is 9.32 Å². The molecule has 106 valence electrons. The van der Waals surface area contributed by atoms with Gasteiger partial charge < -0.3 is 15.2 Å². The fraction of sp³-hybridized carbons (Fsp3) is 0.231. The van der Waals surface area contributed by atoms with Gasteiger partial charge in [0, 0.05) is 24.1 Å². The summed E-state index contributed by atoms with van der Waals surface area (Å²) < 4.78 is 4.86. The Hall–Kier alpha value is -1.72. The van der Waals surface area contributed by atoms with Crippen LogP contribution in [0, 0.1) is 6.92 Å². The molecule has 0 atom stereocenters. The lowest BCUT2D eigenvalue weighted by Gasteiger charge is -2.08. The van der Waals surface area contributed by atoms with Crippen LogP contribution in [-0.4, -0.2) is 17.6 Å². The summed E-state index contributed by atoms with van der Waals surface area (Å²) in [6, 6.07) is 6.79. The van der Waals surface area contributed by atoms with Crippen molar-refractivity contribution in [2.24, 2.45) is 0 Å². The highest BCUT2D eigenvalue weighted by Crippen LogP contribution is 2.25. The van der Waals surface area contributed by atoms with Crippen LogP contribution in [0.25, 0.3) is 0 Å². The Morgan fingerprint density at radius 3 is 2.80 bits per heavy atom. The van der Waals surface area contributed by atoms with Crippen molar-refractivity contribution in [2.45, 2.75) is 13.3 Å². The minimum Gasteiger partial charge on any atom is -0.383 e. The van der Waals surface area contributed by atoms with E-state index in [0.29, 0.717) is 28.2 Å². The number of rotatable bonds is 5. The molecule has 0 saturated carbocycles. The molecule has 7 heteroatoms. The molecule has 20 heavy (non-hydrogen) atoms. The Morgan fingerprint density at radius 2 is 2.15 bits per heavy atom. The molecule has 0 unspecified atom stereocenters. The van der Waals surface area contributed by atoms with Gasteiger partial charge in [0.05, 0.1) is 10.7 Å². The molecule has 0 aliphatic heterocycles. The van der Waals surface area contributed by atoms with Gasteiger partial charge in [-0.1, -0.05) is 28.4 Å². The van der Waals surface area contributed by atoms with Gasteiger partial charge in [0.15, 0.2) is 5.82 Å². The van der Waals surface area contributed by atoms with Crippen LogP contribution in [0.2, 0.25) is 10.0 Å². The lowest BCUT2D eigenvalue weighted by atomic mass is 10.3. The van der Waals surface area contributed by atoms with Crippen molar-refractivity contribution in [3.05, 3.63) is 40.1 Å². The summed E-state index contributed by atoms with van der Waals surface area (Å²) in [7, 11) is 0. The van der Waals surface area contributed by atoms with Crippen LogP contribution >= 0.6 is 23.2 Å². The third kappa shape index (κ3) is 4.15. The number of halogens is 2. The van der Waals surface area contributed by atoms with Gasteiger partial charge in [0.2, 0.25) is 5.91 Å². The molecule has 0 bridgehead atoms. The average molecular weight is 314 g/mol. The first-order valence-electron chi connectivity index (χ1n) is 5.96. The summed E-state index contributed by atoms with van der Waals surface area (Å²) in [5, 5.41) is 10.5. The van der Waals surface area contributed by atoms with Crippen LogP contribution in [-0.2, 0) is 4.79 Å². The van der Waals surface area contributed by atoms with Gasteiger partial charge >= 0.3 is 0 Å². The Balaban J connectivity index is 1.79. The Bertz CT molecular complexity index is 613. The Morgan fingerprint density at radius 1 is 1.35 bits per heavy atom. The van der Waals surface area contributed by atoms with E-state index in [9.17, 15) is 4.79 Å². The average Bonchev–Trinajstić information content (AvgIpc) is 2.77. The van der Waals surface area contributed by atoms with E-state index in [1.165, 1.54) is 0 Å². The van der Waals surface area contributed by atoms with Gasteiger partial charge in [-0.3, -0.25) is 4.79 Å². The minimum absolute atomic E-state index is 0.157. The summed E-state index contributed by atoms with van der Waals surface area (Å²) in [6.45, 7) is 2.21.